The third-order valence-electron chi connectivity index (χ3n) is 4.04. The fraction of sp³-hybridized carbons (Fsp3) is 0.500. The van der Waals surface area contributed by atoms with Gasteiger partial charge < -0.3 is 4.74 Å². The Balaban J connectivity index is 2.04. The van der Waals surface area contributed by atoms with Crippen molar-refractivity contribution in [2.45, 2.75) is 25.3 Å². The number of halogens is 2. The Morgan fingerprint density at radius 3 is 2.63 bits per heavy atom. The molecule has 1 aromatic rings. The minimum Gasteiger partial charge on any atom is -0.489 e. The van der Waals surface area contributed by atoms with Crippen LogP contribution in [0.3, 0.4) is 0 Å². The number of carbonyl (C=O) groups excluding carboxylic acids is 1. The van der Waals surface area contributed by atoms with Gasteiger partial charge in [0, 0.05) is 3.57 Å². The SMILES string of the molecule is C[C@]1(N2CCCC2)COc2c(I)cc(I)cc2C1=O. The lowest BCUT2D eigenvalue weighted by Gasteiger charge is -2.40. The van der Waals surface area contributed by atoms with E-state index in [2.05, 4.69) is 50.1 Å². The van der Waals surface area contributed by atoms with E-state index in [0.717, 1.165) is 31.5 Å². The third-order valence-corrected chi connectivity index (χ3v) is 5.47. The largest absolute Gasteiger partial charge is 0.489 e. The zero-order valence-corrected chi connectivity index (χ0v) is 15.0. The number of Topliss-reactive ketones (excluding diaryl/α,β-unsaturated/α-hetero) is 1. The number of likely N-dealkylation sites (tertiary alicyclic amines) is 1. The molecule has 0 unspecified atom stereocenters. The zero-order chi connectivity index (χ0) is 13.6. The van der Waals surface area contributed by atoms with Crippen LogP contribution in [0.2, 0.25) is 0 Å². The number of ether oxygens (including phenoxy) is 1. The van der Waals surface area contributed by atoms with Crippen LogP contribution in [-0.4, -0.2) is 35.9 Å². The number of hydrogen-bond donors (Lipinski definition) is 0. The Kier molecular flexibility index (Phi) is 3.81. The molecule has 0 amide bonds. The zero-order valence-electron chi connectivity index (χ0n) is 10.7. The van der Waals surface area contributed by atoms with Gasteiger partial charge in [-0.2, -0.15) is 0 Å². The molecular weight excluding hydrogens is 468 g/mol. The summed E-state index contributed by atoms with van der Waals surface area (Å²) < 4.78 is 8.05. The summed E-state index contributed by atoms with van der Waals surface area (Å²) in [5, 5.41) is 0. The second kappa shape index (κ2) is 5.14. The van der Waals surface area contributed by atoms with Crippen molar-refractivity contribution in [1.82, 2.24) is 4.90 Å². The molecule has 3 nitrogen and oxygen atoms in total. The predicted octanol–water partition coefficient (Wildman–Crippen LogP) is 3.33. The monoisotopic (exact) mass is 483 g/mol. The Hall–Kier alpha value is 0.110. The summed E-state index contributed by atoms with van der Waals surface area (Å²) >= 11 is 4.50. The average molecular weight is 483 g/mol. The van der Waals surface area contributed by atoms with Gasteiger partial charge in [0.25, 0.3) is 0 Å². The molecule has 0 saturated carbocycles. The second-order valence-corrected chi connectivity index (χ2v) is 7.76. The van der Waals surface area contributed by atoms with Crippen LogP contribution in [0, 0.1) is 7.14 Å². The van der Waals surface area contributed by atoms with Crippen LogP contribution in [0.15, 0.2) is 12.1 Å². The number of benzene rings is 1. The second-order valence-electron chi connectivity index (χ2n) is 5.35. The van der Waals surface area contributed by atoms with E-state index >= 15 is 0 Å². The van der Waals surface area contributed by atoms with Crippen molar-refractivity contribution in [2.24, 2.45) is 0 Å². The van der Waals surface area contributed by atoms with Crippen LogP contribution in [0.5, 0.6) is 5.75 Å². The van der Waals surface area contributed by atoms with Gasteiger partial charge in [-0.05, 0) is 90.2 Å². The van der Waals surface area contributed by atoms with Crippen molar-refractivity contribution in [3.8, 4) is 5.75 Å². The average Bonchev–Trinajstić information content (AvgIpc) is 2.88. The van der Waals surface area contributed by atoms with Gasteiger partial charge in [0.1, 0.15) is 17.9 Å². The molecule has 2 heterocycles. The van der Waals surface area contributed by atoms with Gasteiger partial charge in [0.2, 0.25) is 0 Å². The summed E-state index contributed by atoms with van der Waals surface area (Å²) in [6.45, 7) is 4.50. The maximum Gasteiger partial charge on any atom is 0.190 e. The lowest BCUT2D eigenvalue weighted by Crippen LogP contribution is -2.57. The van der Waals surface area contributed by atoms with Crippen molar-refractivity contribution in [1.29, 1.82) is 0 Å². The fourth-order valence-corrected chi connectivity index (χ4v) is 4.89. The maximum atomic E-state index is 12.9. The molecule has 1 saturated heterocycles. The summed E-state index contributed by atoms with van der Waals surface area (Å²) in [7, 11) is 0. The highest BCUT2D eigenvalue weighted by Crippen LogP contribution is 2.38. The fourth-order valence-electron chi connectivity index (χ4n) is 2.89. The lowest BCUT2D eigenvalue weighted by molar-refractivity contribution is 0.0415. The van der Waals surface area contributed by atoms with E-state index in [1.54, 1.807) is 0 Å². The summed E-state index contributed by atoms with van der Waals surface area (Å²) in [6.07, 6.45) is 2.36. The lowest BCUT2D eigenvalue weighted by atomic mass is 9.87. The topological polar surface area (TPSA) is 29.5 Å². The molecule has 0 bridgehead atoms. The number of fused-ring (bicyclic) bond motifs is 1. The van der Waals surface area contributed by atoms with Gasteiger partial charge in [-0.25, -0.2) is 0 Å². The highest BCUT2D eigenvalue weighted by Gasteiger charge is 2.46. The van der Waals surface area contributed by atoms with Crippen molar-refractivity contribution >= 4 is 51.0 Å². The molecule has 1 fully saturated rings. The number of ketones is 1. The first-order valence-corrected chi connectivity index (χ1v) is 8.60. The molecule has 102 valence electrons. The smallest absolute Gasteiger partial charge is 0.190 e. The van der Waals surface area contributed by atoms with E-state index in [9.17, 15) is 4.79 Å². The molecule has 0 N–H and O–H groups in total. The third kappa shape index (κ3) is 2.31. The van der Waals surface area contributed by atoms with Crippen LogP contribution in [-0.2, 0) is 0 Å². The molecule has 2 aliphatic rings. The summed E-state index contributed by atoms with van der Waals surface area (Å²) in [4.78, 5) is 15.2. The van der Waals surface area contributed by atoms with Gasteiger partial charge in [-0.1, -0.05) is 0 Å². The van der Waals surface area contributed by atoms with E-state index in [1.807, 2.05) is 19.1 Å². The quantitative estimate of drug-likeness (QED) is 0.575. The molecule has 1 aromatic carbocycles. The molecule has 5 heteroatoms. The van der Waals surface area contributed by atoms with Gasteiger partial charge >= 0.3 is 0 Å². The minimum absolute atomic E-state index is 0.215. The van der Waals surface area contributed by atoms with Gasteiger partial charge in [-0.15, -0.1) is 0 Å². The van der Waals surface area contributed by atoms with Gasteiger partial charge in [-0.3, -0.25) is 9.69 Å². The molecule has 3 rings (SSSR count). The predicted molar refractivity (Wildman–Crippen MR) is 90.9 cm³/mol. The van der Waals surface area contributed by atoms with E-state index in [4.69, 9.17) is 4.74 Å². The Labute approximate surface area is 140 Å². The standard InChI is InChI=1S/C14H15I2NO2/c1-14(17-4-2-3-5-17)8-19-12-10(13(14)18)6-9(15)7-11(12)16/h6-7H,2-5,8H2,1H3/t14-/m0/s1. The van der Waals surface area contributed by atoms with Crippen molar-refractivity contribution in [3.05, 3.63) is 24.8 Å². The van der Waals surface area contributed by atoms with Crippen LogP contribution >= 0.6 is 45.2 Å². The molecular formula is C14H15I2NO2. The Morgan fingerprint density at radius 1 is 1.26 bits per heavy atom. The van der Waals surface area contributed by atoms with Crippen molar-refractivity contribution in [2.75, 3.05) is 19.7 Å². The van der Waals surface area contributed by atoms with Gasteiger partial charge in [0.15, 0.2) is 5.78 Å². The van der Waals surface area contributed by atoms with E-state index in [-0.39, 0.29) is 5.78 Å². The maximum absolute atomic E-state index is 12.9. The molecule has 0 aromatic heterocycles. The molecule has 2 aliphatic heterocycles. The number of hydrogen-bond acceptors (Lipinski definition) is 3. The van der Waals surface area contributed by atoms with Crippen LogP contribution in [0.25, 0.3) is 0 Å². The molecule has 0 spiro atoms. The molecule has 0 radical (unpaired) electrons. The first-order chi connectivity index (χ1) is 9.02. The first-order valence-electron chi connectivity index (χ1n) is 6.44. The van der Waals surface area contributed by atoms with Crippen molar-refractivity contribution < 1.29 is 9.53 Å². The first kappa shape index (κ1) is 14.1. The number of nitrogens with zero attached hydrogens (tertiary/aromatic N) is 1. The molecule has 1 atom stereocenters. The summed E-state index contributed by atoms with van der Waals surface area (Å²) in [5.41, 5.74) is 0.258. The highest BCUT2D eigenvalue weighted by molar-refractivity contribution is 14.1. The normalized spacial score (nSPS) is 27.2. The van der Waals surface area contributed by atoms with Crippen LogP contribution in [0.4, 0.5) is 0 Å². The van der Waals surface area contributed by atoms with E-state index < -0.39 is 5.54 Å². The number of carbonyl (C=O) groups is 1. The summed E-state index contributed by atoms with van der Waals surface area (Å²) in [5.74, 6) is 0.981. The molecule has 19 heavy (non-hydrogen) atoms. The highest BCUT2D eigenvalue weighted by atomic mass is 127. The van der Waals surface area contributed by atoms with Crippen LogP contribution in [0.1, 0.15) is 30.1 Å². The van der Waals surface area contributed by atoms with E-state index in [1.165, 1.54) is 12.8 Å². The number of rotatable bonds is 1. The summed E-state index contributed by atoms with van der Waals surface area (Å²) in [6, 6.07) is 4.00. The van der Waals surface area contributed by atoms with Crippen molar-refractivity contribution in [3.63, 3.8) is 0 Å². The Morgan fingerprint density at radius 2 is 1.95 bits per heavy atom. The van der Waals surface area contributed by atoms with Crippen LogP contribution < -0.4 is 4.74 Å². The van der Waals surface area contributed by atoms with E-state index in [0.29, 0.717) is 6.61 Å². The Bertz CT molecular complexity index is 540. The molecule has 0 aliphatic carbocycles. The van der Waals surface area contributed by atoms with Gasteiger partial charge in [0.05, 0.1) is 9.13 Å². The minimum atomic E-state index is -0.489.